The van der Waals surface area contributed by atoms with Crippen molar-refractivity contribution in [2.75, 3.05) is 12.4 Å². The summed E-state index contributed by atoms with van der Waals surface area (Å²) < 4.78 is 12.3. The molecule has 3 aromatic rings. The lowest BCUT2D eigenvalue weighted by atomic mass is 10.1. The van der Waals surface area contributed by atoms with Gasteiger partial charge in [0.1, 0.15) is 18.1 Å². The number of thioether (sulfide) groups is 1. The van der Waals surface area contributed by atoms with Gasteiger partial charge in [-0.1, -0.05) is 11.8 Å². The Morgan fingerprint density at radius 3 is 2.83 bits per heavy atom. The fourth-order valence-electron chi connectivity index (χ4n) is 2.07. The Hall–Kier alpha value is -2.61. The maximum absolute atomic E-state index is 12.3. The molecule has 3 rings (SSSR count). The molecule has 0 spiro atoms. The van der Waals surface area contributed by atoms with Gasteiger partial charge in [0.25, 0.3) is 0 Å². The molecule has 24 heavy (non-hydrogen) atoms. The molecule has 2 heterocycles. The molecule has 0 saturated carbocycles. The van der Waals surface area contributed by atoms with E-state index in [1.165, 1.54) is 11.8 Å². The van der Waals surface area contributed by atoms with Crippen molar-refractivity contribution in [3.05, 3.63) is 54.0 Å². The number of ketones is 1. The van der Waals surface area contributed by atoms with Crippen LogP contribution in [0.1, 0.15) is 23.0 Å². The second kappa shape index (κ2) is 7.78. The highest BCUT2D eigenvalue weighted by Crippen LogP contribution is 2.18. The van der Waals surface area contributed by atoms with Crippen LogP contribution in [-0.2, 0) is 6.54 Å². The van der Waals surface area contributed by atoms with Crippen molar-refractivity contribution < 1.29 is 13.9 Å². The number of tetrazole rings is 1. The Bertz CT molecular complexity index is 784. The summed E-state index contributed by atoms with van der Waals surface area (Å²) >= 11 is 1.30. The number of furan rings is 1. The molecule has 0 unspecified atom stereocenters. The Balaban J connectivity index is 1.59. The molecule has 0 atom stereocenters. The molecule has 0 aliphatic rings. The van der Waals surface area contributed by atoms with Crippen molar-refractivity contribution in [3.63, 3.8) is 0 Å². The molecule has 0 bridgehead atoms. The first-order valence-electron chi connectivity index (χ1n) is 7.43. The van der Waals surface area contributed by atoms with Gasteiger partial charge in [0, 0.05) is 5.56 Å². The van der Waals surface area contributed by atoms with Gasteiger partial charge >= 0.3 is 0 Å². The molecule has 0 N–H and O–H groups in total. The van der Waals surface area contributed by atoms with Gasteiger partial charge in [-0.15, -0.1) is 5.10 Å². The smallest absolute Gasteiger partial charge is 0.210 e. The van der Waals surface area contributed by atoms with Crippen LogP contribution in [0, 0.1) is 0 Å². The number of carbonyl (C=O) groups is 1. The lowest BCUT2D eigenvalue weighted by molar-refractivity contribution is 0.102. The van der Waals surface area contributed by atoms with E-state index in [0.29, 0.717) is 23.9 Å². The average molecular weight is 344 g/mol. The van der Waals surface area contributed by atoms with E-state index in [0.717, 1.165) is 11.5 Å². The average Bonchev–Trinajstić information content (AvgIpc) is 3.26. The Labute approximate surface area is 143 Å². The summed E-state index contributed by atoms with van der Waals surface area (Å²) in [5, 5.41) is 12.1. The third kappa shape index (κ3) is 4.02. The van der Waals surface area contributed by atoms with Crippen molar-refractivity contribution >= 4 is 17.5 Å². The molecular weight excluding hydrogens is 328 g/mol. The number of hydrogen-bond acceptors (Lipinski definition) is 7. The number of carbonyl (C=O) groups excluding carboxylic acids is 1. The molecule has 8 heteroatoms. The topological polar surface area (TPSA) is 83.0 Å². The fourth-order valence-corrected chi connectivity index (χ4v) is 2.84. The predicted molar refractivity (Wildman–Crippen MR) is 88.3 cm³/mol. The number of benzene rings is 1. The number of hydrogen-bond donors (Lipinski definition) is 0. The number of aromatic nitrogens is 4. The van der Waals surface area contributed by atoms with E-state index in [1.807, 2.05) is 19.1 Å². The quantitative estimate of drug-likeness (QED) is 0.459. The molecule has 7 nitrogen and oxygen atoms in total. The van der Waals surface area contributed by atoms with Crippen LogP contribution < -0.4 is 4.74 Å². The second-order valence-corrected chi connectivity index (χ2v) is 5.81. The molecule has 2 aromatic heterocycles. The Morgan fingerprint density at radius 2 is 2.12 bits per heavy atom. The van der Waals surface area contributed by atoms with E-state index in [-0.39, 0.29) is 11.5 Å². The van der Waals surface area contributed by atoms with Crippen LogP contribution in [0.25, 0.3) is 0 Å². The van der Waals surface area contributed by atoms with Gasteiger partial charge in [-0.3, -0.25) is 4.79 Å². The van der Waals surface area contributed by atoms with Crippen LogP contribution in [0.5, 0.6) is 5.75 Å². The van der Waals surface area contributed by atoms with Crippen LogP contribution in [0.3, 0.4) is 0 Å². The molecule has 124 valence electrons. The van der Waals surface area contributed by atoms with Gasteiger partial charge in [0.15, 0.2) is 5.78 Å². The summed E-state index contributed by atoms with van der Waals surface area (Å²) in [7, 11) is 0. The summed E-state index contributed by atoms with van der Waals surface area (Å²) in [5.74, 6) is 1.77. The van der Waals surface area contributed by atoms with E-state index in [9.17, 15) is 4.79 Å². The molecule has 0 aliphatic carbocycles. The Morgan fingerprint density at radius 1 is 1.29 bits per heavy atom. The van der Waals surface area contributed by atoms with Crippen LogP contribution in [0.4, 0.5) is 0 Å². The molecule has 0 radical (unpaired) electrons. The first kappa shape index (κ1) is 16.3. The summed E-state index contributed by atoms with van der Waals surface area (Å²) in [6, 6.07) is 10.8. The summed E-state index contributed by atoms with van der Waals surface area (Å²) in [4.78, 5) is 12.3. The minimum Gasteiger partial charge on any atom is -0.494 e. The maximum atomic E-state index is 12.3. The zero-order valence-electron chi connectivity index (χ0n) is 13.1. The minimum atomic E-state index is 0.00981. The van der Waals surface area contributed by atoms with Crippen LogP contribution in [0.2, 0.25) is 0 Å². The SMILES string of the molecule is CCOc1ccc(C(=O)CSc2nnnn2Cc2ccco2)cc1. The zero-order chi connectivity index (χ0) is 16.8. The summed E-state index contributed by atoms with van der Waals surface area (Å²) in [6.07, 6.45) is 1.60. The third-order valence-corrected chi connectivity index (χ3v) is 4.16. The van der Waals surface area contributed by atoms with Gasteiger partial charge in [-0.2, -0.15) is 0 Å². The van der Waals surface area contributed by atoms with E-state index in [1.54, 1.807) is 35.2 Å². The van der Waals surface area contributed by atoms with Gasteiger partial charge in [0.2, 0.25) is 5.16 Å². The summed E-state index contributed by atoms with van der Waals surface area (Å²) in [5.41, 5.74) is 0.635. The standard InChI is InChI=1S/C16H16N4O3S/c1-2-22-13-7-5-12(6-8-13)15(21)11-24-16-17-18-19-20(16)10-14-4-3-9-23-14/h3-9H,2,10-11H2,1H3. The number of nitrogens with zero attached hydrogens (tertiary/aromatic N) is 4. The fraction of sp³-hybridized carbons (Fsp3) is 0.250. The van der Waals surface area contributed by atoms with E-state index >= 15 is 0 Å². The lowest BCUT2D eigenvalue weighted by Crippen LogP contribution is -2.06. The third-order valence-electron chi connectivity index (χ3n) is 3.20. The van der Waals surface area contributed by atoms with Gasteiger partial charge < -0.3 is 9.15 Å². The van der Waals surface area contributed by atoms with Gasteiger partial charge in [0.05, 0.1) is 18.6 Å². The van der Waals surface area contributed by atoms with E-state index < -0.39 is 0 Å². The van der Waals surface area contributed by atoms with Crippen molar-refractivity contribution in [1.82, 2.24) is 20.2 Å². The van der Waals surface area contributed by atoms with Crippen LogP contribution in [0.15, 0.2) is 52.2 Å². The van der Waals surface area contributed by atoms with Gasteiger partial charge in [-0.05, 0) is 53.7 Å². The first-order chi connectivity index (χ1) is 11.8. The highest BCUT2D eigenvalue weighted by atomic mass is 32.2. The van der Waals surface area contributed by atoms with Crippen LogP contribution in [-0.4, -0.2) is 38.4 Å². The normalized spacial score (nSPS) is 10.7. The molecule has 0 aliphatic heterocycles. The maximum Gasteiger partial charge on any atom is 0.210 e. The van der Waals surface area contributed by atoms with Crippen molar-refractivity contribution in [3.8, 4) is 5.75 Å². The first-order valence-corrected chi connectivity index (χ1v) is 8.42. The predicted octanol–water partition coefficient (Wildman–Crippen LogP) is 2.69. The van der Waals surface area contributed by atoms with Crippen molar-refractivity contribution in [2.24, 2.45) is 0 Å². The lowest BCUT2D eigenvalue weighted by Gasteiger charge is -2.05. The molecule has 0 fully saturated rings. The zero-order valence-corrected chi connectivity index (χ0v) is 13.9. The minimum absolute atomic E-state index is 0.00981. The molecule has 0 saturated heterocycles. The van der Waals surface area contributed by atoms with E-state index in [2.05, 4.69) is 15.5 Å². The van der Waals surface area contributed by atoms with E-state index in [4.69, 9.17) is 9.15 Å². The largest absolute Gasteiger partial charge is 0.494 e. The molecular formula is C16H16N4O3S. The monoisotopic (exact) mass is 344 g/mol. The van der Waals surface area contributed by atoms with Gasteiger partial charge in [-0.25, -0.2) is 4.68 Å². The van der Waals surface area contributed by atoms with Crippen molar-refractivity contribution in [2.45, 2.75) is 18.6 Å². The Kier molecular flexibility index (Phi) is 5.27. The number of Topliss-reactive ketones (excluding diaryl/α,β-unsaturated/α-hetero) is 1. The molecule has 0 amide bonds. The number of ether oxygens (including phenoxy) is 1. The highest BCUT2D eigenvalue weighted by molar-refractivity contribution is 7.99. The summed E-state index contributed by atoms with van der Waals surface area (Å²) in [6.45, 7) is 2.95. The second-order valence-electron chi connectivity index (χ2n) is 4.87. The number of rotatable bonds is 8. The molecule has 1 aromatic carbocycles. The van der Waals surface area contributed by atoms with Crippen molar-refractivity contribution in [1.29, 1.82) is 0 Å². The highest BCUT2D eigenvalue weighted by Gasteiger charge is 2.12. The van der Waals surface area contributed by atoms with Crippen LogP contribution >= 0.6 is 11.8 Å².